The minimum Gasteiger partial charge on any atom is -0.380 e. The highest BCUT2D eigenvalue weighted by Crippen LogP contribution is 2.24. The number of aromatic amines is 1. The number of likely N-dealkylation sites (N-methyl/N-ethyl adjacent to an activating group) is 1. The maximum Gasteiger partial charge on any atom is 0.263 e. The molecule has 3 heterocycles. The van der Waals surface area contributed by atoms with Gasteiger partial charge in [-0.25, -0.2) is 0 Å². The average molecular weight is 449 g/mol. The van der Waals surface area contributed by atoms with Crippen molar-refractivity contribution in [2.75, 3.05) is 55.9 Å². The van der Waals surface area contributed by atoms with Gasteiger partial charge in [0.1, 0.15) is 5.56 Å². The van der Waals surface area contributed by atoms with E-state index >= 15 is 0 Å². The van der Waals surface area contributed by atoms with E-state index in [1.54, 1.807) is 25.6 Å². The van der Waals surface area contributed by atoms with Crippen molar-refractivity contribution in [1.82, 2.24) is 14.9 Å². The lowest BCUT2D eigenvalue weighted by Gasteiger charge is -2.34. The molecule has 1 aliphatic rings. The smallest absolute Gasteiger partial charge is 0.263 e. The molecular weight excluding hydrogens is 420 g/mol. The second-order valence-corrected chi connectivity index (χ2v) is 7.98. The molecule has 33 heavy (non-hydrogen) atoms. The van der Waals surface area contributed by atoms with Crippen molar-refractivity contribution in [3.8, 4) is 0 Å². The third kappa shape index (κ3) is 5.39. The molecule has 4 rings (SSSR count). The minimum absolute atomic E-state index is 0.00661. The van der Waals surface area contributed by atoms with Crippen LogP contribution in [-0.2, 0) is 11.3 Å². The summed E-state index contributed by atoms with van der Waals surface area (Å²) in [4.78, 5) is 36.9. The first kappa shape index (κ1) is 22.5. The zero-order chi connectivity index (χ0) is 23.2. The Morgan fingerprint density at radius 1 is 1.09 bits per heavy atom. The van der Waals surface area contributed by atoms with E-state index < -0.39 is 11.5 Å². The van der Waals surface area contributed by atoms with Crippen molar-refractivity contribution in [3.63, 3.8) is 0 Å². The second kappa shape index (κ2) is 10.3. The summed E-state index contributed by atoms with van der Waals surface area (Å²) in [7, 11) is 3.72. The fourth-order valence-corrected chi connectivity index (χ4v) is 3.78. The lowest BCUT2D eigenvalue weighted by molar-refractivity contribution is 0.102. The lowest BCUT2D eigenvalue weighted by Crippen LogP contribution is -2.44. The van der Waals surface area contributed by atoms with Gasteiger partial charge in [0.05, 0.1) is 24.2 Å². The molecule has 0 unspecified atom stereocenters. The molecule has 1 fully saturated rings. The highest BCUT2D eigenvalue weighted by molar-refractivity contribution is 6.08. The van der Waals surface area contributed by atoms with E-state index in [9.17, 15) is 9.59 Å². The maximum atomic E-state index is 13.1. The van der Waals surface area contributed by atoms with Gasteiger partial charge in [0.2, 0.25) is 0 Å². The van der Waals surface area contributed by atoms with Crippen molar-refractivity contribution in [2.45, 2.75) is 6.61 Å². The van der Waals surface area contributed by atoms with Gasteiger partial charge in [0.15, 0.2) is 0 Å². The van der Waals surface area contributed by atoms with E-state index in [1.807, 2.05) is 30.3 Å². The molecule has 0 spiro atoms. The summed E-state index contributed by atoms with van der Waals surface area (Å²) in [6.07, 6.45) is 4.80. The van der Waals surface area contributed by atoms with Gasteiger partial charge < -0.3 is 30.2 Å². The summed E-state index contributed by atoms with van der Waals surface area (Å²) < 4.78 is 5.22. The number of aromatic nitrogens is 2. The van der Waals surface area contributed by atoms with Crippen molar-refractivity contribution in [2.24, 2.45) is 0 Å². The standard InChI is InChI=1S/C24H28N6O3/c1-29-11-13-30(14-12-29)19-5-3-18(4-6-19)27-24(32)22-20(8-10-26-23(22)31)28-21-15-25-9-7-17(21)16-33-2/h3-10,15H,11-14,16H2,1-2H3,(H,27,32)(H2,26,28,31). The van der Waals surface area contributed by atoms with Gasteiger partial charge in [-0.2, -0.15) is 0 Å². The molecule has 172 valence electrons. The third-order valence-corrected chi connectivity index (χ3v) is 5.66. The fraction of sp³-hybridized carbons (Fsp3) is 0.292. The Balaban J connectivity index is 1.51. The monoisotopic (exact) mass is 448 g/mol. The Hall–Kier alpha value is -3.69. The van der Waals surface area contributed by atoms with E-state index in [4.69, 9.17) is 4.74 Å². The van der Waals surface area contributed by atoms with Crippen LogP contribution in [0, 0.1) is 0 Å². The van der Waals surface area contributed by atoms with Gasteiger partial charge in [-0.15, -0.1) is 0 Å². The van der Waals surface area contributed by atoms with E-state index in [1.165, 1.54) is 6.20 Å². The van der Waals surface area contributed by atoms with Crippen LogP contribution in [0.4, 0.5) is 22.7 Å². The number of methoxy groups -OCH3 is 1. The van der Waals surface area contributed by atoms with Gasteiger partial charge in [-0.1, -0.05) is 0 Å². The molecule has 0 saturated carbocycles. The van der Waals surface area contributed by atoms with Gasteiger partial charge in [-0.3, -0.25) is 14.6 Å². The van der Waals surface area contributed by atoms with Crippen LogP contribution in [0.2, 0.25) is 0 Å². The van der Waals surface area contributed by atoms with Crippen LogP contribution in [0.3, 0.4) is 0 Å². The summed E-state index contributed by atoms with van der Waals surface area (Å²) in [5.41, 5.74) is 3.15. The van der Waals surface area contributed by atoms with Crippen molar-refractivity contribution >= 4 is 28.7 Å². The molecule has 1 saturated heterocycles. The fourth-order valence-electron chi connectivity index (χ4n) is 3.78. The number of amides is 1. The Kier molecular flexibility index (Phi) is 7.01. The van der Waals surface area contributed by atoms with E-state index in [0.29, 0.717) is 23.7 Å². The summed E-state index contributed by atoms with van der Waals surface area (Å²) in [5, 5.41) is 5.99. The normalized spacial score (nSPS) is 14.2. The van der Waals surface area contributed by atoms with Gasteiger partial charge >= 0.3 is 0 Å². The molecule has 3 aromatic rings. The number of ether oxygens (including phenoxy) is 1. The zero-order valence-electron chi connectivity index (χ0n) is 18.8. The Bertz CT molecular complexity index is 1150. The van der Waals surface area contributed by atoms with Gasteiger partial charge in [0, 0.05) is 62.6 Å². The average Bonchev–Trinajstić information content (AvgIpc) is 2.82. The number of nitrogens with zero attached hydrogens (tertiary/aromatic N) is 3. The maximum absolute atomic E-state index is 13.1. The number of hydrogen-bond acceptors (Lipinski definition) is 7. The van der Waals surface area contributed by atoms with Crippen LogP contribution in [0.25, 0.3) is 0 Å². The summed E-state index contributed by atoms with van der Waals surface area (Å²) in [6, 6.07) is 11.2. The lowest BCUT2D eigenvalue weighted by atomic mass is 10.1. The molecule has 9 heteroatoms. The number of carbonyl (C=O) groups is 1. The van der Waals surface area contributed by atoms with Crippen LogP contribution in [0.5, 0.6) is 0 Å². The second-order valence-electron chi connectivity index (χ2n) is 7.98. The number of pyridine rings is 2. The topological polar surface area (TPSA) is 103 Å². The number of benzene rings is 1. The third-order valence-electron chi connectivity index (χ3n) is 5.66. The largest absolute Gasteiger partial charge is 0.380 e. The van der Waals surface area contributed by atoms with Crippen LogP contribution in [0.15, 0.2) is 59.8 Å². The molecule has 0 atom stereocenters. The number of H-pyrrole nitrogens is 1. The predicted molar refractivity (Wildman–Crippen MR) is 129 cm³/mol. The number of piperazine rings is 1. The van der Waals surface area contributed by atoms with Crippen molar-refractivity contribution < 1.29 is 9.53 Å². The molecule has 9 nitrogen and oxygen atoms in total. The molecule has 0 bridgehead atoms. The van der Waals surface area contributed by atoms with Crippen molar-refractivity contribution in [1.29, 1.82) is 0 Å². The number of carbonyl (C=O) groups excluding carboxylic acids is 1. The van der Waals surface area contributed by atoms with Crippen LogP contribution in [0.1, 0.15) is 15.9 Å². The number of anilines is 4. The molecule has 2 aromatic heterocycles. The minimum atomic E-state index is -0.496. The Morgan fingerprint density at radius 3 is 2.58 bits per heavy atom. The van der Waals surface area contributed by atoms with Gasteiger partial charge in [-0.05, 0) is 43.4 Å². The Labute approximate surface area is 192 Å². The molecular formula is C24H28N6O3. The molecule has 1 aromatic carbocycles. The highest BCUT2D eigenvalue weighted by atomic mass is 16.5. The number of rotatable bonds is 7. The van der Waals surface area contributed by atoms with E-state index in [-0.39, 0.29) is 5.56 Å². The SMILES string of the molecule is COCc1ccncc1Nc1cc[nH]c(=O)c1C(=O)Nc1ccc(N2CCN(C)CC2)cc1. The first-order valence-corrected chi connectivity index (χ1v) is 10.8. The van der Waals surface area contributed by atoms with Crippen molar-refractivity contribution in [3.05, 3.63) is 76.5 Å². The Morgan fingerprint density at radius 2 is 1.85 bits per heavy atom. The van der Waals surface area contributed by atoms with E-state index in [0.717, 1.165) is 37.4 Å². The predicted octanol–water partition coefficient (Wildman–Crippen LogP) is 2.66. The van der Waals surface area contributed by atoms with Gasteiger partial charge in [0.25, 0.3) is 11.5 Å². The molecule has 3 N–H and O–H groups in total. The molecule has 0 radical (unpaired) electrons. The van der Waals surface area contributed by atoms with E-state index in [2.05, 4.69) is 37.4 Å². The number of hydrogen-bond donors (Lipinski definition) is 3. The van der Waals surface area contributed by atoms with Crippen LogP contribution < -0.4 is 21.1 Å². The van der Waals surface area contributed by atoms with Crippen LogP contribution >= 0.6 is 0 Å². The summed E-state index contributed by atoms with van der Waals surface area (Å²) >= 11 is 0. The highest BCUT2D eigenvalue weighted by Gasteiger charge is 2.18. The summed E-state index contributed by atoms with van der Waals surface area (Å²) in [5.74, 6) is -0.496. The van der Waals surface area contributed by atoms with Crippen LogP contribution in [-0.4, -0.2) is 61.1 Å². The zero-order valence-corrected chi connectivity index (χ0v) is 18.8. The molecule has 1 amide bonds. The summed E-state index contributed by atoms with van der Waals surface area (Å²) in [6.45, 7) is 4.35. The first-order valence-electron chi connectivity index (χ1n) is 10.8. The number of nitrogens with one attached hydrogen (secondary N) is 3. The molecule has 0 aliphatic carbocycles. The first-order chi connectivity index (χ1) is 16.0. The quantitative estimate of drug-likeness (QED) is 0.511. The molecule has 1 aliphatic heterocycles.